The number of fused-ring (bicyclic) bond motifs is 1. The summed E-state index contributed by atoms with van der Waals surface area (Å²) in [4.78, 5) is 30.8. The molecule has 5 rings (SSSR count). The number of carbonyl (C=O) groups is 2. The maximum atomic E-state index is 13.7. The van der Waals surface area contributed by atoms with Crippen molar-refractivity contribution in [1.82, 2.24) is 4.90 Å². The molecule has 5 heteroatoms. The van der Waals surface area contributed by atoms with Crippen LogP contribution in [0.1, 0.15) is 30.5 Å². The van der Waals surface area contributed by atoms with Gasteiger partial charge in [-0.15, -0.1) is 0 Å². The fourth-order valence-electron chi connectivity index (χ4n) is 4.55. The van der Waals surface area contributed by atoms with E-state index in [0.29, 0.717) is 42.6 Å². The molecule has 3 aromatic rings. The summed E-state index contributed by atoms with van der Waals surface area (Å²) in [7, 11) is 0. The quantitative estimate of drug-likeness (QED) is 0.491. The first-order valence-corrected chi connectivity index (χ1v) is 11.8. The number of para-hydroxylation sites is 1. The zero-order valence-corrected chi connectivity index (χ0v) is 19.5. The highest BCUT2D eigenvalue weighted by molar-refractivity contribution is 6.45. The van der Waals surface area contributed by atoms with Crippen LogP contribution in [0, 0.1) is 5.92 Å². The minimum Gasteiger partial charge on any atom is -0.493 e. The minimum atomic E-state index is -0.291. The van der Waals surface area contributed by atoms with Crippen molar-refractivity contribution in [2.75, 3.05) is 18.1 Å². The van der Waals surface area contributed by atoms with Gasteiger partial charge in [0.2, 0.25) is 0 Å². The summed E-state index contributed by atoms with van der Waals surface area (Å²) < 4.78 is 5.82. The fourth-order valence-corrected chi connectivity index (χ4v) is 4.55. The van der Waals surface area contributed by atoms with Gasteiger partial charge in [0.25, 0.3) is 11.8 Å². The maximum absolute atomic E-state index is 13.7. The SMILES string of the molecule is CC(C)COc1ccc(C2=C(N3CCc4ccccc4C3)C(=O)N(c3ccccc3)C2=O)cc1. The fraction of sp³-hybridized carbons (Fsp3) is 0.241. The number of hydrogen-bond acceptors (Lipinski definition) is 4. The smallest absolute Gasteiger partial charge is 0.282 e. The molecule has 0 bridgehead atoms. The van der Waals surface area contributed by atoms with E-state index in [-0.39, 0.29) is 11.8 Å². The lowest BCUT2D eigenvalue weighted by atomic mass is 9.98. The maximum Gasteiger partial charge on any atom is 0.282 e. The largest absolute Gasteiger partial charge is 0.493 e. The predicted molar refractivity (Wildman–Crippen MR) is 133 cm³/mol. The lowest BCUT2D eigenvalue weighted by Crippen LogP contribution is -2.37. The van der Waals surface area contributed by atoms with Gasteiger partial charge in [0.15, 0.2) is 0 Å². The summed E-state index contributed by atoms with van der Waals surface area (Å²) in [6.07, 6.45) is 0.835. The van der Waals surface area contributed by atoms with E-state index in [0.717, 1.165) is 17.7 Å². The summed E-state index contributed by atoms with van der Waals surface area (Å²) in [6.45, 7) is 6.12. The van der Waals surface area contributed by atoms with E-state index in [2.05, 4.69) is 30.9 Å². The molecule has 0 N–H and O–H groups in total. The monoisotopic (exact) mass is 452 g/mol. The van der Waals surface area contributed by atoms with Crippen LogP contribution in [0.25, 0.3) is 5.57 Å². The van der Waals surface area contributed by atoms with Crippen molar-refractivity contribution in [2.24, 2.45) is 5.92 Å². The topological polar surface area (TPSA) is 49.9 Å². The molecular formula is C29H28N2O3. The Labute approximate surface area is 200 Å². The molecule has 2 heterocycles. The second-order valence-electron chi connectivity index (χ2n) is 9.17. The number of carbonyl (C=O) groups excluding carboxylic acids is 2. The summed E-state index contributed by atoms with van der Waals surface area (Å²) in [5.41, 5.74) is 4.71. The van der Waals surface area contributed by atoms with Crippen LogP contribution in [0.2, 0.25) is 0 Å². The van der Waals surface area contributed by atoms with Crippen molar-refractivity contribution in [2.45, 2.75) is 26.8 Å². The highest BCUT2D eigenvalue weighted by Gasteiger charge is 2.43. The lowest BCUT2D eigenvalue weighted by Gasteiger charge is -2.31. The van der Waals surface area contributed by atoms with E-state index in [1.54, 1.807) is 12.1 Å². The first-order valence-electron chi connectivity index (χ1n) is 11.8. The highest BCUT2D eigenvalue weighted by Crippen LogP contribution is 2.37. The van der Waals surface area contributed by atoms with Crippen LogP contribution in [-0.2, 0) is 22.6 Å². The standard InChI is InChI=1S/C29H28N2O3/c1-20(2)19-34-25-14-12-22(13-15-25)26-27(30-17-16-21-8-6-7-9-23(21)18-30)29(33)31(28(26)32)24-10-4-3-5-11-24/h3-15,20H,16-19H2,1-2H3. The van der Waals surface area contributed by atoms with Crippen LogP contribution >= 0.6 is 0 Å². The first-order chi connectivity index (χ1) is 16.5. The molecule has 3 aromatic carbocycles. The van der Waals surface area contributed by atoms with E-state index in [9.17, 15) is 9.59 Å². The van der Waals surface area contributed by atoms with Crippen molar-refractivity contribution in [3.63, 3.8) is 0 Å². The molecule has 2 amide bonds. The average molecular weight is 453 g/mol. The van der Waals surface area contributed by atoms with Gasteiger partial charge in [0.05, 0.1) is 17.9 Å². The zero-order chi connectivity index (χ0) is 23.7. The highest BCUT2D eigenvalue weighted by atomic mass is 16.5. The number of amides is 2. The molecule has 5 nitrogen and oxygen atoms in total. The van der Waals surface area contributed by atoms with E-state index >= 15 is 0 Å². The Morgan fingerprint density at radius 1 is 0.824 bits per heavy atom. The third kappa shape index (κ3) is 4.10. The molecule has 0 radical (unpaired) electrons. The second-order valence-corrected chi connectivity index (χ2v) is 9.17. The average Bonchev–Trinajstić information content (AvgIpc) is 3.13. The van der Waals surface area contributed by atoms with Gasteiger partial charge in [-0.2, -0.15) is 0 Å². The number of benzene rings is 3. The summed E-state index contributed by atoms with van der Waals surface area (Å²) in [5, 5.41) is 0. The van der Waals surface area contributed by atoms with Crippen molar-refractivity contribution in [3.05, 3.63) is 101 Å². The van der Waals surface area contributed by atoms with Gasteiger partial charge in [-0.05, 0) is 53.3 Å². The Morgan fingerprint density at radius 3 is 2.21 bits per heavy atom. The number of hydrogen-bond donors (Lipinski definition) is 0. The van der Waals surface area contributed by atoms with E-state index in [4.69, 9.17) is 4.74 Å². The molecule has 2 aliphatic heterocycles. The van der Waals surface area contributed by atoms with E-state index < -0.39 is 0 Å². The first kappa shape index (κ1) is 22.0. The summed E-state index contributed by atoms with van der Waals surface area (Å²) in [6, 6.07) is 24.9. The van der Waals surface area contributed by atoms with Gasteiger partial charge in [0, 0.05) is 13.1 Å². The number of anilines is 1. The molecular weight excluding hydrogens is 424 g/mol. The summed E-state index contributed by atoms with van der Waals surface area (Å²) in [5.74, 6) is 0.610. The van der Waals surface area contributed by atoms with Gasteiger partial charge in [-0.1, -0.05) is 68.4 Å². The molecule has 0 aliphatic carbocycles. The summed E-state index contributed by atoms with van der Waals surface area (Å²) >= 11 is 0. The number of nitrogens with zero attached hydrogens (tertiary/aromatic N) is 2. The zero-order valence-electron chi connectivity index (χ0n) is 19.5. The molecule has 0 unspecified atom stereocenters. The van der Waals surface area contributed by atoms with Crippen LogP contribution in [0.15, 0.2) is 84.6 Å². The third-order valence-electron chi connectivity index (χ3n) is 6.25. The Balaban J connectivity index is 1.55. The van der Waals surface area contributed by atoms with Gasteiger partial charge < -0.3 is 9.64 Å². The second kappa shape index (κ2) is 9.18. The van der Waals surface area contributed by atoms with Gasteiger partial charge in [-0.25, -0.2) is 4.90 Å². The molecule has 34 heavy (non-hydrogen) atoms. The molecule has 0 spiro atoms. The molecule has 0 saturated heterocycles. The predicted octanol–water partition coefficient (Wildman–Crippen LogP) is 5.06. The van der Waals surface area contributed by atoms with Crippen molar-refractivity contribution in [3.8, 4) is 5.75 Å². The minimum absolute atomic E-state index is 0.272. The Kier molecular flexibility index (Phi) is 5.93. The Bertz CT molecular complexity index is 1250. The van der Waals surface area contributed by atoms with Crippen LogP contribution in [-0.4, -0.2) is 29.9 Å². The van der Waals surface area contributed by atoms with E-state index in [1.165, 1.54) is 16.0 Å². The van der Waals surface area contributed by atoms with Crippen molar-refractivity contribution < 1.29 is 14.3 Å². The van der Waals surface area contributed by atoms with Crippen LogP contribution in [0.5, 0.6) is 5.75 Å². The number of imide groups is 1. The van der Waals surface area contributed by atoms with Crippen molar-refractivity contribution in [1.29, 1.82) is 0 Å². The van der Waals surface area contributed by atoms with Gasteiger partial charge in [-0.3, -0.25) is 9.59 Å². The Hall–Kier alpha value is -3.86. The molecule has 0 aromatic heterocycles. The molecule has 0 fully saturated rings. The van der Waals surface area contributed by atoms with Crippen LogP contribution in [0.3, 0.4) is 0 Å². The molecule has 2 aliphatic rings. The normalized spacial score (nSPS) is 15.9. The third-order valence-corrected chi connectivity index (χ3v) is 6.25. The number of ether oxygens (including phenoxy) is 1. The molecule has 0 atom stereocenters. The van der Waals surface area contributed by atoms with Crippen molar-refractivity contribution >= 4 is 23.1 Å². The van der Waals surface area contributed by atoms with Crippen LogP contribution in [0.4, 0.5) is 5.69 Å². The van der Waals surface area contributed by atoms with Gasteiger partial charge in [0.1, 0.15) is 11.4 Å². The van der Waals surface area contributed by atoms with Gasteiger partial charge >= 0.3 is 0 Å². The lowest BCUT2D eigenvalue weighted by molar-refractivity contribution is -0.120. The molecule has 0 saturated carbocycles. The Morgan fingerprint density at radius 2 is 1.50 bits per heavy atom. The number of rotatable bonds is 6. The van der Waals surface area contributed by atoms with E-state index in [1.807, 2.05) is 54.6 Å². The van der Waals surface area contributed by atoms with Crippen LogP contribution < -0.4 is 9.64 Å². The molecule has 172 valence electrons.